The third kappa shape index (κ3) is 5.96. The van der Waals surface area contributed by atoms with Crippen LogP contribution in [0.4, 0.5) is 4.79 Å². The maximum atomic E-state index is 12.4. The molecule has 1 aromatic rings. The Hall–Kier alpha value is -2.11. The van der Waals surface area contributed by atoms with Crippen molar-refractivity contribution in [3.8, 4) is 0 Å². The monoisotopic (exact) mass is 416 g/mol. The lowest BCUT2D eigenvalue weighted by Gasteiger charge is -2.37. The Kier molecular flexibility index (Phi) is 7.37. The van der Waals surface area contributed by atoms with E-state index in [2.05, 4.69) is 6.07 Å². The van der Waals surface area contributed by atoms with Gasteiger partial charge in [-0.05, 0) is 88.7 Å². The first-order valence-corrected chi connectivity index (χ1v) is 11.3. The second-order valence-electron chi connectivity index (χ2n) is 9.61. The number of likely N-dealkylation sites (tertiary alicyclic amines) is 1. The maximum absolute atomic E-state index is 12.4. The van der Waals surface area contributed by atoms with Gasteiger partial charge in [0.2, 0.25) is 0 Å². The molecule has 0 bridgehead atoms. The number of hydrogen-bond acceptors (Lipinski definition) is 5. The number of aryl methyl sites for hydroxylation is 2. The van der Waals surface area contributed by atoms with Gasteiger partial charge in [0.15, 0.2) is 0 Å². The highest BCUT2D eigenvalue weighted by atomic mass is 16.6. The van der Waals surface area contributed by atoms with Crippen molar-refractivity contribution in [2.75, 3.05) is 20.2 Å². The molecule has 1 saturated heterocycles. The average molecular weight is 417 g/mol. The van der Waals surface area contributed by atoms with E-state index in [4.69, 9.17) is 14.5 Å². The molecule has 30 heavy (non-hydrogen) atoms. The normalized spacial score (nSPS) is 18.5. The minimum absolute atomic E-state index is 0.169. The van der Waals surface area contributed by atoms with Crippen LogP contribution in [0, 0.1) is 5.92 Å². The maximum Gasteiger partial charge on any atom is 0.410 e. The number of carbonyl (C=O) groups excluding carboxylic acids is 2. The highest BCUT2D eigenvalue weighted by Gasteiger charge is 2.32. The van der Waals surface area contributed by atoms with Gasteiger partial charge in [0.25, 0.3) is 0 Å². The number of rotatable bonds is 5. The molecule has 0 aromatic carbocycles. The predicted molar refractivity (Wildman–Crippen MR) is 115 cm³/mol. The van der Waals surface area contributed by atoms with Gasteiger partial charge in [-0.2, -0.15) is 0 Å². The van der Waals surface area contributed by atoms with Gasteiger partial charge in [0, 0.05) is 31.4 Å². The summed E-state index contributed by atoms with van der Waals surface area (Å²) in [4.78, 5) is 30.8. The fourth-order valence-corrected chi connectivity index (χ4v) is 4.67. The molecule has 1 amide bonds. The van der Waals surface area contributed by atoms with Crippen molar-refractivity contribution in [3.63, 3.8) is 0 Å². The summed E-state index contributed by atoms with van der Waals surface area (Å²) in [6.07, 6.45) is 9.36. The number of nitrogens with zero attached hydrogens (tertiary/aromatic N) is 2. The second kappa shape index (κ2) is 9.80. The Bertz CT molecular complexity index is 748. The van der Waals surface area contributed by atoms with Crippen LogP contribution >= 0.6 is 0 Å². The minimum Gasteiger partial charge on any atom is -0.469 e. The Labute approximate surface area is 180 Å². The van der Waals surface area contributed by atoms with Crippen molar-refractivity contribution >= 4 is 12.1 Å². The SMILES string of the molecule is COC(=O)CCC(c1cnc2c(c1)CCCC2)C1CCN(C(=O)OC(C)(C)C)CC1. The van der Waals surface area contributed by atoms with E-state index in [9.17, 15) is 9.59 Å². The molecule has 1 fully saturated rings. The molecule has 1 unspecified atom stereocenters. The van der Waals surface area contributed by atoms with E-state index in [0.29, 0.717) is 25.4 Å². The Morgan fingerprint density at radius 1 is 1.20 bits per heavy atom. The molecule has 6 heteroatoms. The zero-order chi connectivity index (χ0) is 21.7. The molecule has 3 rings (SSSR count). The number of piperidine rings is 1. The van der Waals surface area contributed by atoms with Crippen LogP contribution in [0.15, 0.2) is 12.3 Å². The molecular weight excluding hydrogens is 380 g/mol. The van der Waals surface area contributed by atoms with E-state index in [0.717, 1.165) is 32.1 Å². The zero-order valence-corrected chi connectivity index (χ0v) is 18.9. The largest absolute Gasteiger partial charge is 0.469 e. The third-order valence-electron chi connectivity index (χ3n) is 6.27. The molecule has 0 saturated carbocycles. The van der Waals surface area contributed by atoms with Crippen LogP contribution in [0.5, 0.6) is 0 Å². The summed E-state index contributed by atoms with van der Waals surface area (Å²) in [5.74, 6) is 0.499. The van der Waals surface area contributed by atoms with Crippen LogP contribution in [0.3, 0.4) is 0 Å². The summed E-state index contributed by atoms with van der Waals surface area (Å²) >= 11 is 0. The molecular formula is C24H36N2O4. The summed E-state index contributed by atoms with van der Waals surface area (Å²) in [6.45, 7) is 7.05. The average Bonchev–Trinajstić information content (AvgIpc) is 2.72. The summed E-state index contributed by atoms with van der Waals surface area (Å²) in [7, 11) is 1.44. The highest BCUT2D eigenvalue weighted by Crippen LogP contribution is 2.37. The van der Waals surface area contributed by atoms with Crippen LogP contribution in [0.25, 0.3) is 0 Å². The van der Waals surface area contributed by atoms with Crippen LogP contribution in [0.2, 0.25) is 0 Å². The van der Waals surface area contributed by atoms with Crippen LogP contribution < -0.4 is 0 Å². The minimum atomic E-state index is -0.480. The van der Waals surface area contributed by atoms with Crippen molar-refractivity contribution in [1.29, 1.82) is 0 Å². The van der Waals surface area contributed by atoms with Crippen molar-refractivity contribution in [3.05, 3.63) is 29.1 Å². The zero-order valence-electron chi connectivity index (χ0n) is 18.9. The number of ether oxygens (including phenoxy) is 2. The first kappa shape index (κ1) is 22.6. The van der Waals surface area contributed by atoms with Gasteiger partial charge in [0.1, 0.15) is 5.60 Å². The van der Waals surface area contributed by atoms with Crippen molar-refractivity contribution in [2.45, 2.75) is 83.7 Å². The van der Waals surface area contributed by atoms with Gasteiger partial charge in [-0.3, -0.25) is 9.78 Å². The lowest BCUT2D eigenvalue weighted by Crippen LogP contribution is -2.42. The predicted octanol–water partition coefficient (Wildman–Crippen LogP) is 4.64. The fraction of sp³-hybridized carbons (Fsp3) is 0.708. The number of aromatic nitrogens is 1. The molecule has 1 aromatic heterocycles. The Balaban J connectivity index is 1.70. The molecule has 2 heterocycles. The first-order valence-electron chi connectivity index (χ1n) is 11.3. The molecule has 0 spiro atoms. The molecule has 0 N–H and O–H groups in total. The van der Waals surface area contributed by atoms with Crippen LogP contribution in [-0.2, 0) is 27.1 Å². The van der Waals surface area contributed by atoms with E-state index < -0.39 is 5.60 Å². The van der Waals surface area contributed by atoms with E-state index in [1.54, 1.807) is 0 Å². The van der Waals surface area contributed by atoms with Crippen molar-refractivity contribution < 1.29 is 19.1 Å². The highest BCUT2D eigenvalue weighted by molar-refractivity contribution is 5.69. The van der Waals surface area contributed by atoms with Gasteiger partial charge in [-0.15, -0.1) is 0 Å². The van der Waals surface area contributed by atoms with Crippen LogP contribution in [-0.4, -0.2) is 47.7 Å². The lowest BCUT2D eigenvalue weighted by atomic mass is 9.77. The number of hydrogen-bond donors (Lipinski definition) is 0. The Morgan fingerprint density at radius 3 is 2.57 bits per heavy atom. The van der Waals surface area contributed by atoms with E-state index in [-0.39, 0.29) is 18.0 Å². The fourth-order valence-electron chi connectivity index (χ4n) is 4.67. The molecule has 0 radical (unpaired) electrons. The third-order valence-corrected chi connectivity index (χ3v) is 6.27. The van der Waals surface area contributed by atoms with E-state index in [1.807, 2.05) is 31.9 Å². The lowest BCUT2D eigenvalue weighted by molar-refractivity contribution is -0.140. The quantitative estimate of drug-likeness (QED) is 0.654. The van der Waals surface area contributed by atoms with Gasteiger partial charge >= 0.3 is 12.1 Å². The van der Waals surface area contributed by atoms with E-state index in [1.165, 1.54) is 36.8 Å². The molecule has 1 atom stereocenters. The van der Waals surface area contributed by atoms with Gasteiger partial charge in [-0.25, -0.2) is 4.79 Å². The topological polar surface area (TPSA) is 68.7 Å². The summed E-state index contributed by atoms with van der Waals surface area (Å²) in [5, 5.41) is 0. The molecule has 6 nitrogen and oxygen atoms in total. The van der Waals surface area contributed by atoms with Gasteiger partial charge in [0.05, 0.1) is 7.11 Å². The molecule has 2 aliphatic rings. The molecule has 1 aliphatic heterocycles. The summed E-state index contributed by atoms with van der Waals surface area (Å²) < 4.78 is 10.4. The number of carbonyl (C=O) groups is 2. The Morgan fingerprint density at radius 2 is 1.90 bits per heavy atom. The number of methoxy groups -OCH3 is 1. The number of fused-ring (bicyclic) bond motifs is 1. The number of pyridine rings is 1. The van der Waals surface area contributed by atoms with Gasteiger partial charge in [-0.1, -0.05) is 6.07 Å². The van der Waals surface area contributed by atoms with Crippen molar-refractivity contribution in [2.24, 2.45) is 5.92 Å². The molecule has 166 valence electrons. The summed E-state index contributed by atoms with van der Waals surface area (Å²) in [6, 6.07) is 2.32. The van der Waals surface area contributed by atoms with Crippen molar-refractivity contribution in [1.82, 2.24) is 9.88 Å². The summed E-state index contributed by atoms with van der Waals surface area (Å²) in [5.41, 5.74) is 3.35. The number of amides is 1. The first-order chi connectivity index (χ1) is 14.3. The van der Waals surface area contributed by atoms with Crippen LogP contribution in [0.1, 0.15) is 82.0 Å². The van der Waals surface area contributed by atoms with E-state index >= 15 is 0 Å². The second-order valence-corrected chi connectivity index (χ2v) is 9.61. The standard InChI is InChI=1S/C24H36N2O4/c1-24(2,3)30-23(28)26-13-11-17(12-14-26)20(9-10-22(27)29-4)19-15-18-7-5-6-8-21(18)25-16-19/h15-17,20H,5-14H2,1-4H3. The smallest absolute Gasteiger partial charge is 0.410 e. The van der Waals surface area contributed by atoms with Gasteiger partial charge < -0.3 is 14.4 Å². The number of esters is 1. The molecule has 1 aliphatic carbocycles.